The van der Waals surface area contributed by atoms with Gasteiger partial charge in [0.15, 0.2) is 0 Å². The highest BCUT2D eigenvalue weighted by molar-refractivity contribution is 6.30. The maximum absolute atomic E-state index is 5.72. The second kappa shape index (κ2) is 4.01. The highest BCUT2D eigenvalue weighted by Gasteiger charge is 2.20. The zero-order valence-corrected chi connectivity index (χ0v) is 8.18. The summed E-state index contributed by atoms with van der Waals surface area (Å²) in [5.74, 6) is 1.72. The van der Waals surface area contributed by atoms with E-state index in [-0.39, 0.29) is 0 Å². The van der Waals surface area contributed by atoms with Crippen LogP contribution in [0.15, 0.2) is 18.2 Å². The third-order valence-corrected chi connectivity index (χ3v) is 2.46. The van der Waals surface area contributed by atoms with E-state index in [9.17, 15) is 0 Å². The molecule has 0 unspecified atom stereocenters. The average Bonchev–Trinajstić information content (AvgIpc) is 2.92. The Kier molecular flexibility index (Phi) is 2.74. The molecule has 1 aliphatic rings. The normalized spacial score (nSPS) is 15.8. The van der Waals surface area contributed by atoms with Gasteiger partial charge in [0.1, 0.15) is 5.75 Å². The SMILES string of the molecule is Clc1c[c]c(OCCC2CC2)cc1. The Morgan fingerprint density at radius 3 is 2.92 bits per heavy atom. The number of ether oxygens (including phenoxy) is 1. The van der Waals surface area contributed by atoms with E-state index in [0.717, 1.165) is 18.3 Å². The Morgan fingerprint density at radius 2 is 2.31 bits per heavy atom. The minimum Gasteiger partial charge on any atom is -0.493 e. The molecule has 0 N–H and O–H groups in total. The van der Waals surface area contributed by atoms with Crippen LogP contribution >= 0.6 is 11.6 Å². The van der Waals surface area contributed by atoms with Crippen LogP contribution in [0.4, 0.5) is 0 Å². The van der Waals surface area contributed by atoms with Crippen molar-refractivity contribution >= 4 is 11.6 Å². The van der Waals surface area contributed by atoms with Crippen molar-refractivity contribution in [3.8, 4) is 5.75 Å². The zero-order valence-electron chi connectivity index (χ0n) is 7.42. The van der Waals surface area contributed by atoms with Crippen LogP contribution in [0.5, 0.6) is 5.75 Å². The highest BCUT2D eigenvalue weighted by Crippen LogP contribution is 2.32. The largest absolute Gasteiger partial charge is 0.493 e. The molecule has 0 spiro atoms. The van der Waals surface area contributed by atoms with Gasteiger partial charge >= 0.3 is 0 Å². The molecule has 2 rings (SSSR count). The monoisotopic (exact) mass is 195 g/mol. The van der Waals surface area contributed by atoms with Gasteiger partial charge in [0.25, 0.3) is 0 Å². The van der Waals surface area contributed by atoms with Crippen molar-refractivity contribution in [2.45, 2.75) is 19.3 Å². The number of benzene rings is 1. The highest BCUT2D eigenvalue weighted by atomic mass is 35.5. The number of hydrogen-bond acceptors (Lipinski definition) is 1. The van der Waals surface area contributed by atoms with Gasteiger partial charge in [-0.05, 0) is 30.5 Å². The molecule has 0 aromatic heterocycles. The smallest absolute Gasteiger partial charge is 0.127 e. The molecule has 69 valence electrons. The molecule has 1 saturated carbocycles. The van der Waals surface area contributed by atoms with Crippen LogP contribution in [-0.4, -0.2) is 6.61 Å². The molecule has 1 nitrogen and oxygen atoms in total. The molecule has 0 aliphatic heterocycles. The lowest BCUT2D eigenvalue weighted by Gasteiger charge is -2.04. The molecule has 2 heteroatoms. The molecule has 0 amide bonds. The summed E-state index contributed by atoms with van der Waals surface area (Å²) in [5, 5.41) is 0.703. The Labute approximate surface area is 83.7 Å². The van der Waals surface area contributed by atoms with Crippen molar-refractivity contribution < 1.29 is 4.74 Å². The summed E-state index contributed by atoms with van der Waals surface area (Å²) < 4.78 is 5.50. The number of rotatable bonds is 4. The number of halogens is 1. The lowest BCUT2D eigenvalue weighted by atomic mass is 10.3. The molecule has 0 bridgehead atoms. The standard InChI is InChI=1S/C11H12ClO/c12-10-3-5-11(6-4-10)13-8-7-9-1-2-9/h3-5,9H,1-2,7-8H2. The van der Waals surface area contributed by atoms with Crippen LogP contribution in [-0.2, 0) is 0 Å². The van der Waals surface area contributed by atoms with Crippen LogP contribution < -0.4 is 4.74 Å². The summed E-state index contributed by atoms with van der Waals surface area (Å²) in [6.45, 7) is 0.808. The van der Waals surface area contributed by atoms with Gasteiger partial charge in [-0.25, -0.2) is 0 Å². The molecular formula is C11H12ClO. The van der Waals surface area contributed by atoms with Gasteiger partial charge in [0.2, 0.25) is 0 Å². The summed E-state index contributed by atoms with van der Waals surface area (Å²) in [4.78, 5) is 0. The molecule has 1 radical (unpaired) electrons. The van der Waals surface area contributed by atoms with Gasteiger partial charge < -0.3 is 4.74 Å². The van der Waals surface area contributed by atoms with E-state index >= 15 is 0 Å². The fraction of sp³-hybridized carbons (Fsp3) is 0.455. The van der Waals surface area contributed by atoms with Crippen molar-refractivity contribution in [3.63, 3.8) is 0 Å². The molecular weight excluding hydrogens is 184 g/mol. The molecule has 1 aromatic rings. The van der Waals surface area contributed by atoms with E-state index in [4.69, 9.17) is 16.3 Å². The van der Waals surface area contributed by atoms with E-state index in [2.05, 4.69) is 6.07 Å². The molecule has 1 aromatic carbocycles. The predicted octanol–water partition coefficient (Wildman–Crippen LogP) is 3.32. The summed E-state index contributed by atoms with van der Waals surface area (Å²) in [6.07, 6.45) is 3.94. The van der Waals surface area contributed by atoms with Gasteiger partial charge in [0, 0.05) is 11.1 Å². The fourth-order valence-electron chi connectivity index (χ4n) is 1.22. The maximum Gasteiger partial charge on any atom is 0.127 e. The van der Waals surface area contributed by atoms with E-state index in [1.807, 2.05) is 12.1 Å². The van der Waals surface area contributed by atoms with Gasteiger partial charge in [-0.1, -0.05) is 24.4 Å². The van der Waals surface area contributed by atoms with Gasteiger partial charge in [-0.2, -0.15) is 0 Å². The van der Waals surface area contributed by atoms with Crippen LogP contribution in [0.25, 0.3) is 0 Å². The van der Waals surface area contributed by atoms with Crippen LogP contribution in [0.2, 0.25) is 5.02 Å². The third kappa shape index (κ3) is 2.92. The molecule has 13 heavy (non-hydrogen) atoms. The quantitative estimate of drug-likeness (QED) is 0.716. The first-order valence-electron chi connectivity index (χ1n) is 4.64. The average molecular weight is 196 g/mol. The van der Waals surface area contributed by atoms with Gasteiger partial charge in [-0.15, -0.1) is 0 Å². The minimum atomic E-state index is 0.703. The van der Waals surface area contributed by atoms with Crippen molar-refractivity contribution in [2.75, 3.05) is 6.61 Å². The Balaban J connectivity index is 1.76. The summed E-state index contributed by atoms with van der Waals surface area (Å²) in [6, 6.07) is 8.39. The van der Waals surface area contributed by atoms with Gasteiger partial charge in [0.05, 0.1) is 6.61 Å². The summed E-state index contributed by atoms with van der Waals surface area (Å²) in [7, 11) is 0. The molecule has 1 aliphatic carbocycles. The molecule has 1 fully saturated rings. The van der Waals surface area contributed by atoms with E-state index in [1.165, 1.54) is 19.3 Å². The molecule has 0 saturated heterocycles. The zero-order chi connectivity index (χ0) is 9.10. The first-order valence-corrected chi connectivity index (χ1v) is 5.02. The Hall–Kier alpha value is -0.690. The number of hydrogen-bond donors (Lipinski definition) is 0. The first kappa shape index (κ1) is 8.89. The van der Waals surface area contributed by atoms with E-state index in [0.29, 0.717) is 5.02 Å². The minimum absolute atomic E-state index is 0.703. The Morgan fingerprint density at radius 1 is 1.46 bits per heavy atom. The van der Waals surface area contributed by atoms with E-state index < -0.39 is 0 Å². The molecule has 0 atom stereocenters. The van der Waals surface area contributed by atoms with Crippen molar-refractivity contribution in [1.29, 1.82) is 0 Å². The van der Waals surface area contributed by atoms with Crippen molar-refractivity contribution in [1.82, 2.24) is 0 Å². The van der Waals surface area contributed by atoms with Crippen LogP contribution in [0.3, 0.4) is 0 Å². The third-order valence-electron chi connectivity index (χ3n) is 2.23. The summed E-state index contributed by atoms with van der Waals surface area (Å²) >= 11 is 5.72. The Bertz CT molecular complexity index is 264. The van der Waals surface area contributed by atoms with Gasteiger partial charge in [-0.3, -0.25) is 0 Å². The fourth-order valence-corrected chi connectivity index (χ4v) is 1.34. The van der Waals surface area contributed by atoms with Crippen molar-refractivity contribution in [3.05, 3.63) is 29.3 Å². The second-order valence-electron chi connectivity index (χ2n) is 3.45. The van der Waals surface area contributed by atoms with Crippen LogP contribution in [0, 0.1) is 12.0 Å². The molecule has 0 heterocycles. The van der Waals surface area contributed by atoms with Crippen LogP contribution in [0.1, 0.15) is 19.3 Å². The topological polar surface area (TPSA) is 9.23 Å². The predicted molar refractivity (Wildman–Crippen MR) is 53.1 cm³/mol. The second-order valence-corrected chi connectivity index (χ2v) is 3.89. The van der Waals surface area contributed by atoms with E-state index in [1.54, 1.807) is 6.07 Å². The first-order chi connectivity index (χ1) is 6.34. The lowest BCUT2D eigenvalue weighted by molar-refractivity contribution is 0.302. The summed E-state index contributed by atoms with van der Waals surface area (Å²) in [5.41, 5.74) is 0. The van der Waals surface area contributed by atoms with Crippen molar-refractivity contribution in [2.24, 2.45) is 5.92 Å². The maximum atomic E-state index is 5.72. The lowest BCUT2D eigenvalue weighted by Crippen LogP contribution is -1.97.